The van der Waals surface area contributed by atoms with Crippen molar-refractivity contribution in [1.82, 2.24) is 5.32 Å². The van der Waals surface area contributed by atoms with Crippen LogP contribution in [0.2, 0.25) is 0 Å². The lowest BCUT2D eigenvalue weighted by atomic mass is 9.81. The van der Waals surface area contributed by atoms with E-state index < -0.39 is 0 Å². The van der Waals surface area contributed by atoms with Crippen molar-refractivity contribution < 1.29 is 4.79 Å². The summed E-state index contributed by atoms with van der Waals surface area (Å²) < 4.78 is 0. The number of hydrogen-bond acceptors (Lipinski definition) is 2. The molecule has 3 nitrogen and oxygen atoms in total. The van der Waals surface area contributed by atoms with Crippen LogP contribution in [0.5, 0.6) is 0 Å². The normalized spacial score (nSPS) is 28.5. The molecule has 0 spiro atoms. The monoisotopic (exact) mass is 212 g/mol. The second-order valence-electron chi connectivity index (χ2n) is 5.01. The van der Waals surface area contributed by atoms with E-state index in [9.17, 15) is 4.79 Å². The number of amides is 1. The first-order valence-electron chi connectivity index (χ1n) is 6.13. The van der Waals surface area contributed by atoms with Crippen molar-refractivity contribution in [1.29, 1.82) is 0 Å². The van der Waals surface area contributed by atoms with E-state index in [1.54, 1.807) is 6.92 Å². The molecule has 0 bridgehead atoms. The van der Waals surface area contributed by atoms with Crippen LogP contribution in [-0.2, 0) is 4.79 Å². The van der Waals surface area contributed by atoms with Crippen molar-refractivity contribution in [2.45, 2.75) is 52.0 Å². The van der Waals surface area contributed by atoms with Crippen LogP contribution in [0.25, 0.3) is 0 Å². The largest absolute Gasteiger partial charge is 0.355 e. The molecule has 1 rings (SSSR count). The van der Waals surface area contributed by atoms with Gasteiger partial charge in [0.25, 0.3) is 0 Å². The number of nitrogens with two attached hydrogens (primary N) is 1. The molecule has 1 aliphatic carbocycles. The fourth-order valence-electron chi connectivity index (χ4n) is 2.38. The van der Waals surface area contributed by atoms with Crippen LogP contribution >= 0.6 is 0 Å². The summed E-state index contributed by atoms with van der Waals surface area (Å²) in [6, 6.07) is -0.379. The van der Waals surface area contributed by atoms with Crippen LogP contribution in [-0.4, -0.2) is 18.5 Å². The van der Waals surface area contributed by atoms with E-state index in [-0.39, 0.29) is 11.9 Å². The van der Waals surface area contributed by atoms with Crippen LogP contribution < -0.4 is 11.1 Å². The first-order valence-corrected chi connectivity index (χ1v) is 6.13. The maximum absolute atomic E-state index is 11.2. The van der Waals surface area contributed by atoms with E-state index in [2.05, 4.69) is 12.2 Å². The molecule has 88 valence electrons. The Bertz CT molecular complexity index is 204. The molecular weight excluding hydrogens is 188 g/mol. The Morgan fingerprint density at radius 1 is 1.53 bits per heavy atom. The van der Waals surface area contributed by atoms with Gasteiger partial charge in [-0.3, -0.25) is 4.79 Å². The van der Waals surface area contributed by atoms with Gasteiger partial charge in [-0.05, 0) is 31.6 Å². The molecule has 0 aromatic carbocycles. The highest BCUT2D eigenvalue weighted by molar-refractivity contribution is 5.80. The Hall–Kier alpha value is -0.570. The summed E-state index contributed by atoms with van der Waals surface area (Å²) in [5, 5.41) is 2.88. The van der Waals surface area contributed by atoms with E-state index in [0.29, 0.717) is 0 Å². The van der Waals surface area contributed by atoms with E-state index in [1.807, 2.05) is 0 Å². The van der Waals surface area contributed by atoms with Gasteiger partial charge in [0.05, 0.1) is 6.04 Å². The number of nitrogens with one attached hydrogen (secondary N) is 1. The molecule has 3 heteroatoms. The van der Waals surface area contributed by atoms with Gasteiger partial charge in [0.2, 0.25) is 5.91 Å². The summed E-state index contributed by atoms with van der Waals surface area (Å²) in [4.78, 5) is 11.2. The molecule has 0 radical (unpaired) electrons. The molecule has 0 aromatic rings. The molecule has 3 N–H and O–H groups in total. The Kier molecular flexibility index (Phi) is 5.09. The van der Waals surface area contributed by atoms with Gasteiger partial charge in [-0.2, -0.15) is 0 Å². The minimum atomic E-state index is -0.379. The SMILES string of the molecule is CC1CCCC(CCNC(=O)[C@H](C)N)C1. The third-order valence-electron chi connectivity index (χ3n) is 3.31. The van der Waals surface area contributed by atoms with Gasteiger partial charge >= 0.3 is 0 Å². The fourth-order valence-corrected chi connectivity index (χ4v) is 2.38. The molecule has 1 amide bonds. The maximum Gasteiger partial charge on any atom is 0.236 e. The predicted molar refractivity (Wildman–Crippen MR) is 62.4 cm³/mol. The highest BCUT2D eigenvalue weighted by atomic mass is 16.2. The summed E-state index contributed by atoms with van der Waals surface area (Å²) in [7, 11) is 0. The minimum Gasteiger partial charge on any atom is -0.355 e. The van der Waals surface area contributed by atoms with Gasteiger partial charge in [-0.15, -0.1) is 0 Å². The summed E-state index contributed by atoms with van der Waals surface area (Å²) in [5.74, 6) is 1.65. The lowest BCUT2D eigenvalue weighted by Gasteiger charge is -2.26. The number of carbonyl (C=O) groups is 1. The fraction of sp³-hybridized carbons (Fsp3) is 0.917. The lowest BCUT2D eigenvalue weighted by molar-refractivity contribution is -0.122. The van der Waals surface area contributed by atoms with Crippen LogP contribution in [0.1, 0.15) is 46.0 Å². The smallest absolute Gasteiger partial charge is 0.236 e. The molecule has 1 fully saturated rings. The van der Waals surface area contributed by atoms with E-state index in [4.69, 9.17) is 5.73 Å². The van der Waals surface area contributed by atoms with Crippen molar-refractivity contribution in [3.05, 3.63) is 0 Å². The quantitative estimate of drug-likeness (QED) is 0.744. The number of rotatable bonds is 4. The zero-order chi connectivity index (χ0) is 11.3. The predicted octanol–water partition coefficient (Wildman–Crippen LogP) is 1.67. The van der Waals surface area contributed by atoms with Crippen LogP contribution in [0.3, 0.4) is 0 Å². The van der Waals surface area contributed by atoms with Crippen LogP contribution in [0, 0.1) is 11.8 Å². The summed E-state index contributed by atoms with van der Waals surface area (Å²) >= 11 is 0. The lowest BCUT2D eigenvalue weighted by Crippen LogP contribution is -2.39. The Morgan fingerprint density at radius 2 is 2.27 bits per heavy atom. The standard InChI is InChI=1S/C12H24N2O/c1-9-4-3-5-11(8-9)6-7-14-12(15)10(2)13/h9-11H,3-8,13H2,1-2H3,(H,14,15)/t9?,10-,11?/m0/s1. The van der Waals surface area contributed by atoms with Gasteiger partial charge in [0, 0.05) is 6.54 Å². The van der Waals surface area contributed by atoms with E-state index in [0.717, 1.165) is 24.8 Å². The first kappa shape index (κ1) is 12.5. The summed E-state index contributed by atoms with van der Waals surface area (Å²) in [6.07, 6.45) is 6.50. The van der Waals surface area contributed by atoms with Gasteiger partial charge in [0.1, 0.15) is 0 Å². The Labute approximate surface area is 92.8 Å². The number of carbonyl (C=O) groups excluding carboxylic acids is 1. The molecule has 0 aromatic heterocycles. The van der Waals surface area contributed by atoms with Crippen molar-refractivity contribution >= 4 is 5.91 Å². The maximum atomic E-state index is 11.2. The summed E-state index contributed by atoms with van der Waals surface area (Å²) in [5.41, 5.74) is 5.47. The second-order valence-corrected chi connectivity index (χ2v) is 5.01. The minimum absolute atomic E-state index is 0.0288. The zero-order valence-electron chi connectivity index (χ0n) is 9.96. The zero-order valence-corrected chi connectivity index (χ0v) is 9.96. The molecule has 0 saturated heterocycles. The van der Waals surface area contributed by atoms with Gasteiger partial charge in [0.15, 0.2) is 0 Å². The third-order valence-corrected chi connectivity index (χ3v) is 3.31. The van der Waals surface area contributed by atoms with Crippen molar-refractivity contribution in [2.24, 2.45) is 17.6 Å². The topological polar surface area (TPSA) is 55.1 Å². The summed E-state index contributed by atoms with van der Waals surface area (Å²) in [6.45, 7) is 4.84. The van der Waals surface area contributed by atoms with Crippen molar-refractivity contribution in [2.75, 3.05) is 6.54 Å². The molecule has 1 aliphatic rings. The Balaban J connectivity index is 2.11. The molecule has 0 heterocycles. The first-order chi connectivity index (χ1) is 7.09. The molecular formula is C12H24N2O. The average molecular weight is 212 g/mol. The van der Waals surface area contributed by atoms with E-state index >= 15 is 0 Å². The molecule has 0 aliphatic heterocycles. The van der Waals surface area contributed by atoms with Gasteiger partial charge in [-0.1, -0.05) is 26.2 Å². The highest BCUT2D eigenvalue weighted by Gasteiger charge is 2.18. The molecule has 2 unspecified atom stereocenters. The Morgan fingerprint density at radius 3 is 2.87 bits per heavy atom. The van der Waals surface area contributed by atoms with Crippen molar-refractivity contribution in [3.8, 4) is 0 Å². The van der Waals surface area contributed by atoms with Crippen LogP contribution in [0.15, 0.2) is 0 Å². The van der Waals surface area contributed by atoms with Gasteiger partial charge < -0.3 is 11.1 Å². The second kappa shape index (κ2) is 6.11. The van der Waals surface area contributed by atoms with Crippen LogP contribution in [0.4, 0.5) is 0 Å². The molecule has 3 atom stereocenters. The molecule has 1 saturated carbocycles. The van der Waals surface area contributed by atoms with Crippen molar-refractivity contribution in [3.63, 3.8) is 0 Å². The van der Waals surface area contributed by atoms with E-state index in [1.165, 1.54) is 25.7 Å². The third kappa shape index (κ3) is 4.65. The average Bonchev–Trinajstić information content (AvgIpc) is 2.17. The van der Waals surface area contributed by atoms with Gasteiger partial charge in [-0.25, -0.2) is 0 Å². The highest BCUT2D eigenvalue weighted by Crippen LogP contribution is 2.30. The molecule has 15 heavy (non-hydrogen) atoms. The number of hydrogen-bond donors (Lipinski definition) is 2.